The SMILES string of the molecule is CNCc1ccc(Cl)cc1SCCOC. The molecule has 0 saturated heterocycles. The van der Waals surface area contributed by atoms with E-state index >= 15 is 0 Å². The maximum atomic E-state index is 5.96. The van der Waals surface area contributed by atoms with E-state index in [-0.39, 0.29) is 0 Å². The minimum Gasteiger partial charge on any atom is -0.384 e. The lowest BCUT2D eigenvalue weighted by Gasteiger charge is -2.09. The first-order valence-corrected chi connectivity index (χ1v) is 6.19. The fourth-order valence-electron chi connectivity index (χ4n) is 1.23. The van der Waals surface area contributed by atoms with Crippen molar-refractivity contribution in [2.45, 2.75) is 11.4 Å². The zero-order valence-corrected chi connectivity index (χ0v) is 10.6. The normalized spacial score (nSPS) is 10.6. The number of hydrogen-bond donors (Lipinski definition) is 1. The van der Waals surface area contributed by atoms with Crippen molar-refractivity contribution < 1.29 is 4.74 Å². The molecule has 0 heterocycles. The predicted molar refractivity (Wildman–Crippen MR) is 66.8 cm³/mol. The minimum absolute atomic E-state index is 0.760. The summed E-state index contributed by atoms with van der Waals surface area (Å²) >= 11 is 7.74. The van der Waals surface area contributed by atoms with Crippen LogP contribution in [0.3, 0.4) is 0 Å². The lowest BCUT2D eigenvalue weighted by molar-refractivity contribution is 0.218. The average molecular weight is 246 g/mol. The third-order valence-electron chi connectivity index (χ3n) is 1.94. The summed E-state index contributed by atoms with van der Waals surface area (Å²) in [6.45, 7) is 1.63. The summed E-state index contributed by atoms with van der Waals surface area (Å²) in [5.41, 5.74) is 1.28. The van der Waals surface area contributed by atoms with Crippen LogP contribution in [0.2, 0.25) is 5.02 Å². The third-order valence-corrected chi connectivity index (χ3v) is 3.24. The van der Waals surface area contributed by atoms with Crippen LogP contribution in [0.5, 0.6) is 0 Å². The standard InChI is InChI=1S/C11H16ClNOS/c1-13-8-9-3-4-10(12)7-11(9)15-6-5-14-2/h3-4,7,13H,5-6,8H2,1-2H3. The largest absolute Gasteiger partial charge is 0.384 e. The summed E-state index contributed by atoms with van der Waals surface area (Å²) in [6.07, 6.45) is 0. The topological polar surface area (TPSA) is 21.3 Å². The van der Waals surface area contributed by atoms with Gasteiger partial charge in [0.25, 0.3) is 0 Å². The Morgan fingerprint density at radius 2 is 2.27 bits per heavy atom. The molecule has 1 N–H and O–H groups in total. The molecule has 0 atom stereocenters. The Bertz CT molecular complexity index is 307. The summed E-state index contributed by atoms with van der Waals surface area (Å²) in [5.74, 6) is 0.952. The van der Waals surface area contributed by atoms with Crippen molar-refractivity contribution in [2.75, 3.05) is 26.5 Å². The molecule has 0 unspecified atom stereocenters. The van der Waals surface area contributed by atoms with Crippen molar-refractivity contribution in [1.82, 2.24) is 5.32 Å². The molecule has 0 spiro atoms. The van der Waals surface area contributed by atoms with Crippen LogP contribution in [0.1, 0.15) is 5.56 Å². The van der Waals surface area contributed by atoms with Gasteiger partial charge in [0.05, 0.1) is 6.61 Å². The van der Waals surface area contributed by atoms with Gasteiger partial charge in [0.1, 0.15) is 0 Å². The van der Waals surface area contributed by atoms with Crippen LogP contribution in [0.15, 0.2) is 23.1 Å². The Kier molecular flexibility index (Phi) is 6.10. The summed E-state index contributed by atoms with van der Waals surface area (Å²) in [5, 5.41) is 3.93. The Balaban J connectivity index is 2.68. The summed E-state index contributed by atoms with van der Waals surface area (Å²) < 4.78 is 5.02. The number of rotatable bonds is 6. The molecule has 1 aromatic carbocycles. The lowest BCUT2D eigenvalue weighted by Crippen LogP contribution is -2.06. The van der Waals surface area contributed by atoms with Gasteiger partial charge in [0.15, 0.2) is 0 Å². The number of methoxy groups -OCH3 is 1. The molecule has 0 aromatic heterocycles. The maximum Gasteiger partial charge on any atom is 0.0556 e. The molecule has 1 aromatic rings. The summed E-state index contributed by atoms with van der Waals surface area (Å²) in [4.78, 5) is 1.23. The van der Waals surface area contributed by atoms with Crippen molar-refractivity contribution in [1.29, 1.82) is 0 Å². The van der Waals surface area contributed by atoms with Crippen molar-refractivity contribution in [3.05, 3.63) is 28.8 Å². The first-order chi connectivity index (χ1) is 7.27. The third kappa shape index (κ3) is 4.43. The Morgan fingerprint density at radius 1 is 1.47 bits per heavy atom. The van der Waals surface area contributed by atoms with Crippen LogP contribution in [0.4, 0.5) is 0 Å². The fourth-order valence-corrected chi connectivity index (χ4v) is 2.48. The predicted octanol–water partition coefficient (Wildman–Crippen LogP) is 2.80. The quantitative estimate of drug-likeness (QED) is 0.615. The van der Waals surface area contributed by atoms with Crippen molar-refractivity contribution in [2.24, 2.45) is 0 Å². The summed E-state index contributed by atoms with van der Waals surface area (Å²) in [7, 11) is 3.66. The number of ether oxygens (including phenoxy) is 1. The van der Waals surface area contributed by atoms with E-state index in [1.54, 1.807) is 18.9 Å². The molecular weight excluding hydrogens is 230 g/mol. The van der Waals surface area contributed by atoms with E-state index in [1.807, 2.05) is 19.2 Å². The Morgan fingerprint density at radius 3 is 2.93 bits per heavy atom. The monoisotopic (exact) mass is 245 g/mol. The highest BCUT2D eigenvalue weighted by Gasteiger charge is 2.03. The zero-order chi connectivity index (χ0) is 11.1. The molecule has 0 saturated carbocycles. The van der Waals surface area contributed by atoms with Gasteiger partial charge in [0, 0.05) is 29.3 Å². The molecule has 0 aliphatic carbocycles. The molecule has 1 rings (SSSR count). The molecule has 0 amide bonds. The molecule has 0 radical (unpaired) electrons. The van der Waals surface area contributed by atoms with Crippen molar-refractivity contribution >= 4 is 23.4 Å². The second kappa shape index (κ2) is 7.12. The number of halogens is 1. The molecule has 0 bridgehead atoms. The van der Waals surface area contributed by atoms with Gasteiger partial charge in [-0.05, 0) is 24.7 Å². The lowest BCUT2D eigenvalue weighted by atomic mass is 10.2. The molecule has 0 fully saturated rings. The molecule has 4 heteroatoms. The second-order valence-corrected chi connectivity index (χ2v) is 4.70. The van der Waals surface area contributed by atoms with Crippen LogP contribution < -0.4 is 5.32 Å². The van der Waals surface area contributed by atoms with E-state index in [0.717, 1.165) is 23.9 Å². The van der Waals surface area contributed by atoms with E-state index < -0.39 is 0 Å². The van der Waals surface area contributed by atoms with Gasteiger partial charge < -0.3 is 10.1 Å². The molecule has 15 heavy (non-hydrogen) atoms. The molecule has 2 nitrogen and oxygen atoms in total. The van der Waals surface area contributed by atoms with Crippen molar-refractivity contribution in [3.63, 3.8) is 0 Å². The number of nitrogens with one attached hydrogen (secondary N) is 1. The van der Waals surface area contributed by atoms with Gasteiger partial charge in [-0.3, -0.25) is 0 Å². The van der Waals surface area contributed by atoms with Gasteiger partial charge in [-0.15, -0.1) is 11.8 Å². The molecule has 0 aliphatic rings. The van der Waals surface area contributed by atoms with Gasteiger partial charge >= 0.3 is 0 Å². The molecular formula is C11H16ClNOS. The van der Waals surface area contributed by atoms with E-state index in [2.05, 4.69) is 11.4 Å². The van der Waals surface area contributed by atoms with Gasteiger partial charge in [-0.1, -0.05) is 17.7 Å². The zero-order valence-electron chi connectivity index (χ0n) is 9.05. The molecule has 0 aliphatic heterocycles. The van der Waals surface area contributed by atoms with Crippen LogP contribution in [0, 0.1) is 0 Å². The first kappa shape index (κ1) is 12.8. The van der Waals surface area contributed by atoms with Crippen LogP contribution >= 0.6 is 23.4 Å². The number of hydrogen-bond acceptors (Lipinski definition) is 3. The van der Waals surface area contributed by atoms with Crippen LogP contribution in [0.25, 0.3) is 0 Å². The molecule has 84 valence electrons. The Hall–Kier alpha value is -0.220. The van der Waals surface area contributed by atoms with E-state index in [0.29, 0.717) is 0 Å². The van der Waals surface area contributed by atoms with Gasteiger partial charge in [0.2, 0.25) is 0 Å². The number of benzene rings is 1. The highest BCUT2D eigenvalue weighted by Crippen LogP contribution is 2.26. The van der Waals surface area contributed by atoms with E-state index in [1.165, 1.54) is 10.5 Å². The highest BCUT2D eigenvalue weighted by atomic mass is 35.5. The maximum absolute atomic E-state index is 5.96. The van der Waals surface area contributed by atoms with Crippen LogP contribution in [-0.4, -0.2) is 26.5 Å². The Labute approximate surface area is 100 Å². The van der Waals surface area contributed by atoms with Crippen molar-refractivity contribution in [3.8, 4) is 0 Å². The first-order valence-electron chi connectivity index (χ1n) is 4.82. The fraction of sp³-hybridized carbons (Fsp3) is 0.455. The second-order valence-electron chi connectivity index (χ2n) is 3.12. The summed E-state index contributed by atoms with van der Waals surface area (Å²) in [6, 6.07) is 6.00. The smallest absolute Gasteiger partial charge is 0.0556 e. The van der Waals surface area contributed by atoms with Crippen LogP contribution in [-0.2, 0) is 11.3 Å². The van der Waals surface area contributed by atoms with E-state index in [9.17, 15) is 0 Å². The minimum atomic E-state index is 0.760. The number of thioether (sulfide) groups is 1. The van der Waals surface area contributed by atoms with E-state index in [4.69, 9.17) is 16.3 Å². The van der Waals surface area contributed by atoms with Gasteiger partial charge in [-0.25, -0.2) is 0 Å². The average Bonchev–Trinajstić information content (AvgIpc) is 2.22. The van der Waals surface area contributed by atoms with Gasteiger partial charge in [-0.2, -0.15) is 0 Å². The highest BCUT2D eigenvalue weighted by molar-refractivity contribution is 7.99.